The molecule has 160 valence electrons. The van der Waals surface area contributed by atoms with Gasteiger partial charge in [0, 0.05) is 31.6 Å². The number of carbonyl (C=O) groups excluding carboxylic acids is 2. The van der Waals surface area contributed by atoms with E-state index in [1.165, 1.54) is 19.3 Å². The molecule has 1 saturated heterocycles. The number of ether oxygens (including phenoxy) is 1. The number of piperidine rings is 1. The number of benzene rings is 1. The van der Waals surface area contributed by atoms with E-state index in [1.807, 2.05) is 31.2 Å². The van der Waals surface area contributed by atoms with Crippen molar-refractivity contribution < 1.29 is 14.3 Å². The highest BCUT2D eigenvalue weighted by molar-refractivity contribution is 5.81. The molecular formula is C23H35N3O3. The van der Waals surface area contributed by atoms with E-state index in [0.29, 0.717) is 6.54 Å². The first-order valence-electron chi connectivity index (χ1n) is 11.0. The van der Waals surface area contributed by atoms with Crippen LogP contribution in [-0.2, 0) is 16.1 Å². The Bertz CT molecular complexity index is 680. The number of hydrogen-bond donors (Lipinski definition) is 2. The number of amides is 2. The summed E-state index contributed by atoms with van der Waals surface area (Å²) >= 11 is 0. The van der Waals surface area contributed by atoms with Crippen LogP contribution in [0.15, 0.2) is 24.3 Å². The minimum absolute atomic E-state index is 0.0394. The van der Waals surface area contributed by atoms with Gasteiger partial charge in [-0.3, -0.25) is 14.5 Å². The van der Waals surface area contributed by atoms with E-state index < -0.39 is 0 Å². The third kappa shape index (κ3) is 6.20. The monoisotopic (exact) mass is 401 g/mol. The van der Waals surface area contributed by atoms with Gasteiger partial charge in [-0.15, -0.1) is 0 Å². The van der Waals surface area contributed by atoms with Crippen LogP contribution >= 0.6 is 0 Å². The first-order chi connectivity index (χ1) is 14.1. The van der Waals surface area contributed by atoms with Crippen LogP contribution in [0.3, 0.4) is 0 Å². The van der Waals surface area contributed by atoms with E-state index in [-0.39, 0.29) is 29.8 Å². The van der Waals surface area contributed by atoms with E-state index in [4.69, 9.17) is 4.74 Å². The third-order valence-electron chi connectivity index (χ3n) is 6.38. The van der Waals surface area contributed by atoms with Crippen LogP contribution in [0.1, 0.15) is 57.4 Å². The number of methoxy groups -OCH3 is 1. The molecule has 1 saturated carbocycles. The van der Waals surface area contributed by atoms with Gasteiger partial charge in [0.15, 0.2) is 0 Å². The Morgan fingerprint density at radius 3 is 2.55 bits per heavy atom. The van der Waals surface area contributed by atoms with Crippen molar-refractivity contribution in [1.29, 1.82) is 0 Å². The van der Waals surface area contributed by atoms with Crippen molar-refractivity contribution >= 4 is 11.8 Å². The normalized spacial score (nSPS) is 20.1. The molecule has 0 spiro atoms. The molecule has 1 heterocycles. The molecule has 0 radical (unpaired) electrons. The van der Waals surface area contributed by atoms with Crippen molar-refractivity contribution in [2.24, 2.45) is 5.92 Å². The van der Waals surface area contributed by atoms with Crippen LogP contribution in [-0.4, -0.2) is 49.0 Å². The molecule has 3 rings (SSSR count). The number of likely N-dealkylation sites (tertiary alicyclic amines) is 1. The maximum atomic E-state index is 12.6. The van der Waals surface area contributed by atoms with Gasteiger partial charge in [0.05, 0.1) is 13.2 Å². The number of nitrogens with zero attached hydrogens (tertiary/aromatic N) is 1. The first-order valence-corrected chi connectivity index (χ1v) is 11.0. The summed E-state index contributed by atoms with van der Waals surface area (Å²) in [5.74, 6) is 1.29. The van der Waals surface area contributed by atoms with Crippen molar-refractivity contribution in [3.63, 3.8) is 0 Å². The van der Waals surface area contributed by atoms with Gasteiger partial charge in [0.1, 0.15) is 5.75 Å². The van der Waals surface area contributed by atoms with Crippen LogP contribution in [0.5, 0.6) is 5.75 Å². The second-order valence-corrected chi connectivity index (χ2v) is 8.40. The van der Waals surface area contributed by atoms with Gasteiger partial charge in [-0.05, 0) is 50.3 Å². The molecule has 6 heteroatoms. The third-order valence-corrected chi connectivity index (χ3v) is 6.38. The molecule has 2 N–H and O–H groups in total. The zero-order valence-electron chi connectivity index (χ0n) is 17.8. The number of nitrogens with one attached hydrogen (secondary N) is 2. The predicted octanol–water partition coefficient (Wildman–Crippen LogP) is 2.86. The Balaban J connectivity index is 1.40. The lowest BCUT2D eigenvalue weighted by Gasteiger charge is -2.36. The molecule has 6 nitrogen and oxygen atoms in total. The summed E-state index contributed by atoms with van der Waals surface area (Å²) in [4.78, 5) is 27.3. The number of carbonyl (C=O) groups is 2. The number of rotatable bonds is 7. The Kier molecular flexibility index (Phi) is 7.92. The van der Waals surface area contributed by atoms with E-state index in [1.54, 1.807) is 7.11 Å². The molecule has 1 aromatic rings. The lowest BCUT2D eigenvalue weighted by atomic mass is 9.88. The molecule has 1 unspecified atom stereocenters. The first kappa shape index (κ1) is 21.6. The fraction of sp³-hybridized carbons (Fsp3) is 0.652. The van der Waals surface area contributed by atoms with E-state index in [0.717, 1.165) is 50.1 Å². The van der Waals surface area contributed by atoms with Crippen LogP contribution in [0.25, 0.3) is 0 Å². The Hall–Kier alpha value is -2.08. The van der Waals surface area contributed by atoms with E-state index in [9.17, 15) is 9.59 Å². The largest absolute Gasteiger partial charge is 0.497 e. The summed E-state index contributed by atoms with van der Waals surface area (Å²) in [5.41, 5.74) is 1.02. The van der Waals surface area contributed by atoms with Crippen LogP contribution in [0.2, 0.25) is 0 Å². The SMILES string of the molecule is COc1cccc(CNC(=O)C(C)N2CCC(NC(=O)C3CCCCC3)CC2)c1. The summed E-state index contributed by atoms with van der Waals surface area (Å²) in [5, 5.41) is 6.28. The molecule has 1 atom stereocenters. The molecule has 2 fully saturated rings. The maximum Gasteiger partial charge on any atom is 0.237 e. The van der Waals surface area contributed by atoms with Crippen LogP contribution < -0.4 is 15.4 Å². The minimum Gasteiger partial charge on any atom is -0.497 e. The lowest BCUT2D eigenvalue weighted by Crippen LogP contribution is -2.52. The average Bonchev–Trinajstić information content (AvgIpc) is 2.78. The van der Waals surface area contributed by atoms with Crippen LogP contribution in [0, 0.1) is 5.92 Å². The van der Waals surface area contributed by atoms with Crippen molar-refractivity contribution in [3.05, 3.63) is 29.8 Å². The van der Waals surface area contributed by atoms with Crippen molar-refractivity contribution in [3.8, 4) is 5.75 Å². The molecule has 2 amide bonds. The van der Waals surface area contributed by atoms with Gasteiger partial charge in [-0.25, -0.2) is 0 Å². The summed E-state index contributed by atoms with van der Waals surface area (Å²) in [7, 11) is 1.64. The van der Waals surface area contributed by atoms with Gasteiger partial charge in [-0.1, -0.05) is 31.4 Å². The zero-order valence-corrected chi connectivity index (χ0v) is 17.8. The molecule has 29 heavy (non-hydrogen) atoms. The second kappa shape index (κ2) is 10.6. The highest BCUT2D eigenvalue weighted by atomic mass is 16.5. The maximum absolute atomic E-state index is 12.6. The Morgan fingerprint density at radius 2 is 1.86 bits per heavy atom. The minimum atomic E-state index is -0.171. The van der Waals surface area contributed by atoms with Gasteiger partial charge in [-0.2, -0.15) is 0 Å². The summed E-state index contributed by atoms with van der Waals surface area (Å²) in [6.45, 7) is 4.13. The molecule has 1 aliphatic carbocycles. The summed E-state index contributed by atoms with van der Waals surface area (Å²) < 4.78 is 5.23. The second-order valence-electron chi connectivity index (χ2n) is 8.40. The van der Waals surface area contributed by atoms with Gasteiger partial charge < -0.3 is 15.4 Å². The van der Waals surface area contributed by atoms with Gasteiger partial charge in [0.25, 0.3) is 0 Å². The molecule has 1 aromatic carbocycles. The molecule has 2 aliphatic rings. The highest BCUT2D eigenvalue weighted by Crippen LogP contribution is 2.24. The molecule has 1 aliphatic heterocycles. The lowest BCUT2D eigenvalue weighted by molar-refractivity contribution is -0.129. The fourth-order valence-corrected chi connectivity index (χ4v) is 4.40. The average molecular weight is 402 g/mol. The Labute approximate surface area is 174 Å². The zero-order chi connectivity index (χ0) is 20.6. The van der Waals surface area contributed by atoms with Gasteiger partial charge >= 0.3 is 0 Å². The molecular weight excluding hydrogens is 366 g/mol. The smallest absolute Gasteiger partial charge is 0.237 e. The molecule has 0 aromatic heterocycles. The topological polar surface area (TPSA) is 70.7 Å². The number of hydrogen-bond acceptors (Lipinski definition) is 4. The van der Waals surface area contributed by atoms with Crippen LogP contribution in [0.4, 0.5) is 0 Å². The summed E-state index contributed by atoms with van der Waals surface area (Å²) in [6, 6.07) is 7.81. The summed E-state index contributed by atoms with van der Waals surface area (Å²) in [6.07, 6.45) is 7.51. The Morgan fingerprint density at radius 1 is 1.14 bits per heavy atom. The van der Waals surface area contributed by atoms with Crippen molar-refractivity contribution in [2.45, 2.75) is 70.5 Å². The predicted molar refractivity (Wildman–Crippen MR) is 114 cm³/mol. The van der Waals surface area contributed by atoms with Crippen molar-refractivity contribution in [1.82, 2.24) is 15.5 Å². The van der Waals surface area contributed by atoms with Crippen molar-refractivity contribution in [2.75, 3.05) is 20.2 Å². The van der Waals surface area contributed by atoms with E-state index >= 15 is 0 Å². The standard InChI is InChI=1S/C23H35N3O3/c1-17(22(27)24-16-18-7-6-10-21(15-18)29-2)26-13-11-20(12-14-26)25-23(28)19-8-4-3-5-9-19/h6-7,10,15,17,19-20H,3-5,8-9,11-14,16H2,1-2H3,(H,24,27)(H,25,28). The fourth-order valence-electron chi connectivity index (χ4n) is 4.40. The molecule has 0 bridgehead atoms. The quantitative estimate of drug-likeness (QED) is 0.737. The van der Waals surface area contributed by atoms with Gasteiger partial charge in [0.2, 0.25) is 11.8 Å². The highest BCUT2D eigenvalue weighted by Gasteiger charge is 2.29. The van der Waals surface area contributed by atoms with E-state index in [2.05, 4.69) is 15.5 Å².